The maximum absolute atomic E-state index is 11.0. The zero-order valence-corrected chi connectivity index (χ0v) is 8.83. The number of likely N-dealkylation sites (N-methyl/N-ethyl adjacent to an activating group) is 1. The average Bonchev–Trinajstić information content (AvgIpc) is 2.03. The normalized spacial score (nSPS) is 12.6. The Morgan fingerprint density at radius 1 is 1.36 bits per heavy atom. The Labute approximate surface area is 83.9 Å². The average molecular weight is 202 g/mol. The summed E-state index contributed by atoms with van der Waals surface area (Å²) in [6.45, 7) is 6.00. The van der Waals surface area contributed by atoms with Gasteiger partial charge >= 0.3 is 5.97 Å². The highest BCUT2D eigenvalue weighted by atomic mass is 16.4. The van der Waals surface area contributed by atoms with E-state index in [9.17, 15) is 9.59 Å². The Balaban J connectivity index is 3.94. The number of carboxylic acids is 1. The lowest BCUT2D eigenvalue weighted by Crippen LogP contribution is -2.45. The molecule has 1 unspecified atom stereocenters. The van der Waals surface area contributed by atoms with Gasteiger partial charge in [-0.1, -0.05) is 13.8 Å². The molecular formula is C9H18N2O3. The highest BCUT2D eigenvalue weighted by molar-refractivity contribution is 5.79. The summed E-state index contributed by atoms with van der Waals surface area (Å²) in [5.74, 6) is -1.15. The van der Waals surface area contributed by atoms with Crippen molar-refractivity contribution in [1.82, 2.24) is 10.6 Å². The molecule has 5 heteroatoms. The first-order valence-electron chi connectivity index (χ1n) is 4.72. The van der Waals surface area contributed by atoms with Crippen LogP contribution in [0.2, 0.25) is 0 Å². The fourth-order valence-electron chi connectivity index (χ4n) is 1.07. The van der Waals surface area contributed by atoms with Crippen LogP contribution in [0.1, 0.15) is 20.8 Å². The number of hydrogen-bond acceptors (Lipinski definition) is 3. The van der Waals surface area contributed by atoms with E-state index in [0.29, 0.717) is 6.54 Å². The van der Waals surface area contributed by atoms with Crippen LogP contribution in [0.3, 0.4) is 0 Å². The van der Waals surface area contributed by atoms with E-state index in [1.54, 1.807) is 13.8 Å². The summed E-state index contributed by atoms with van der Waals surface area (Å²) in [5.41, 5.74) is 0. The Kier molecular flexibility index (Phi) is 5.87. The van der Waals surface area contributed by atoms with Crippen LogP contribution in [0.4, 0.5) is 0 Å². The minimum atomic E-state index is -0.927. The third-order valence-electron chi connectivity index (χ3n) is 1.79. The molecule has 3 N–H and O–H groups in total. The lowest BCUT2D eigenvalue weighted by atomic mass is 10.1. The minimum absolute atomic E-state index is 0.0399. The van der Waals surface area contributed by atoms with E-state index in [4.69, 9.17) is 5.11 Å². The van der Waals surface area contributed by atoms with Crippen molar-refractivity contribution < 1.29 is 14.7 Å². The van der Waals surface area contributed by atoms with E-state index < -0.39 is 12.0 Å². The number of nitrogens with one attached hydrogen (secondary N) is 2. The zero-order chi connectivity index (χ0) is 11.1. The van der Waals surface area contributed by atoms with Gasteiger partial charge in [-0.25, -0.2) is 0 Å². The quantitative estimate of drug-likeness (QED) is 0.558. The van der Waals surface area contributed by atoms with Crippen LogP contribution in [0.15, 0.2) is 0 Å². The van der Waals surface area contributed by atoms with E-state index >= 15 is 0 Å². The molecule has 14 heavy (non-hydrogen) atoms. The third kappa shape index (κ3) is 4.81. The molecule has 0 fully saturated rings. The number of hydrogen-bond donors (Lipinski definition) is 3. The van der Waals surface area contributed by atoms with E-state index in [1.165, 1.54) is 0 Å². The molecule has 0 aromatic carbocycles. The second-order valence-electron chi connectivity index (χ2n) is 3.39. The minimum Gasteiger partial charge on any atom is -0.480 e. The number of aliphatic carboxylic acids is 1. The highest BCUT2D eigenvalue weighted by Gasteiger charge is 2.21. The molecule has 0 aliphatic heterocycles. The number of carbonyl (C=O) groups excluding carboxylic acids is 1. The Bertz CT molecular complexity index is 204. The van der Waals surface area contributed by atoms with Gasteiger partial charge in [-0.05, 0) is 12.8 Å². The number of amides is 1. The number of carbonyl (C=O) groups is 2. The van der Waals surface area contributed by atoms with E-state index in [2.05, 4.69) is 10.6 Å². The Morgan fingerprint density at radius 3 is 2.29 bits per heavy atom. The summed E-state index contributed by atoms with van der Waals surface area (Å²) in [6, 6.07) is -0.669. The number of rotatable bonds is 6. The summed E-state index contributed by atoms with van der Waals surface area (Å²) in [4.78, 5) is 21.7. The van der Waals surface area contributed by atoms with E-state index in [0.717, 1.165) is 0 Å². The molecule has 0 aliphatic carbocycles. The molecule has 0 saturated carbocycles. The van der Waals surface area contributed by atoms with Crippen molar-refractivity contribution >= 4 is 11.9 Å². The predicted octanol–water partition coefficient (Wildman–Crippen LogP) is -0.179. The van der Waals surface area contributed by atoms with Gasteiger partial charge in [0.2, 0.25) is 5.91 Å². The van der Waals surface area contributed by atoms with Crippen LogP contribution in [-0.2, 0) is 9.59 Å². The Hall–Kier alpha value is -1.10. The largest absolute Gasteiger partial charge is 0.480 e. The van der Waals surface area contributed by atoms with Gasteiger partial charge in [-0.3, -0.25) is 14.9 Å². The summed E-state index contributed by atoms with van der Waals surface area (Å²) in [7, 11) is 0. The van der Waals surface area contributed by atoms with Crippen LogP contribution in [0.5, 0.6) is 0 Å². The molecule has 0 rings (SSSR count). The molecule has 0 spiro atoms. The van der Waals surface area contributed by atoms with Gasteiger partial charge in [-0.2, -0.15) is 0 Å². The lowest BCUT2D eigenvalue weighted by molar-refractivity contribution is -0.140. The van der Waals surface area contributed by atoms with E-state index in [1.807, 2.05) is 6.92 Å². The summed E-state index contributed by atoms with van der Waals surface area (Å²) < 4.78 is 0. The second kappa shape index (κ2) is 6.37. The number of carboxylic acid groups (broad SMARTS) is 1. The van der Waals surface area contributed by atoms with Crippen LogP contribution in [0, 0.1) is 5.92 Å². The molecular weight excluding hydrogens is 184 g/mol. The van der Waals surface area contributed by atoms with Gasteiger partial charge in [0.15, 0.2) is 0 Å². The van der Waals surface area contributed by atoms with Gasteiger partial charge in [0.05, 0.1) is 6.54 Å². The van der Waals surface area contributed by atoms with Crippen LogP contribution in [-0.4, -0.2) is 36.1 Å². The van der Waals surface area contributed by atoms with Gasteiger partial charge in [0.25, 0.3) is 0 Å². The molecule has 0 aromatic heterocycles. The summed E-state index contributed by atoms with van der Waals surface area (Å²) in [5, 5.41) is 14.1. The molecule has 82 valence electrons. The zero-order valence-electron chi connectivity index (χ0n) is 8.83. The Morgan fingerprint density at radius 2 is 1.93 bits per heavy atom. The predicted molar refractivity (Wildman–Crippen MR) is 52.9 cm³/mol. The molecule has 0 bridgehead atoms. The van der Waals surface area contributed by atoms with Crippen molar-refractivity contribution in [1.29, 1.82) is 0 Å². The highest BCUT2D eigenvalue weighted by Crippen LogP contribution is 2.00. The van der Waals surface area contributed by atoms with E-state index in [-0.39, 0.29) is 18.4 Å². The molecule has 0 aliphatic rings. The molecule has 1 atom stereocenters. The van der Waals surface area contributed by atoms with Crippen molar-refractivity contribution in [3.63, 3.8) is 0 Å². The topological polar surface area (TPSA) is 78.4 Å². The van der Waals surface area contributed by atoms with Crippen molar-refractivity contribution in [2.24, 2.45) is 5.92 Å². The first kappa shape index (κ1) is 12.9. The second-order valence-corrected chi connectivity index (χ2v) is 3.39. The van der Waals surface area contributed by atoms with Gasteiger partial charge in [-0.15, -0.1) is 0 Å². The molecule has 5 nitrogen and oxygen atoms in total. The van der Waals surface area contributed by atoms with Gasteiger partial charge in [0, 0.05) is 6.54 Å². The third-order valence-corrected chi connectivity index (χ3v) is 1.79. The monoisotopic (exact) mass is 202 g/mol. The SMILES string of the molecule is CCNC(=O)CNC(C(=O)O)C(C)C. The molecule has 0 saturated heterocycles. The van der Waals surface area contributed by atoms with Crippen molar-refractivity contribution in [2.75, 3.05) is 13.1 Å². The molecule has 0 radical (unpaired) electrons. The van der Waals surface area contributed by atoms with Crippen LogP contribution < -0.4 is 10.6 Å². The summed E-state index contributed by atoms with van der Waals surface area (Å²) >= 11 is 0. The maximum atomic E-state index is 11.0. The standard InChI is InChI=1S/C9H18N2O3/c1-4-10-7(12)5-11-8(6(2)3)9(13)14/h6,8,11H,4-5H2,1-3H3,(H,10,12)(H,13,14). The fourth-order valence-corrected chi connectivity index (χ4v) is 1.07. The fraction of sp³-hybridized carbons (Fsp3) is 0.778. The van der Waals surface area contributed by atoms with Gasteiger partial charge < -0.3 is 10.4 Å². The summed E-state index contributed by atoms with van der Waals surface area (Å²) in [6.07, 6.45) is 0. The maximum Gasteiger partial charge on any atom is 0.320 e. The molecule has 0 aromatic rings. The smallest absolute Gasteiger partial charge is 0.320 e. The van der Waals surface area contributed by atoms with Crippen molar-refractivity contribution in [3.05, 3.63) is 0 Å². The first-order valence-corrected chi connectivity index (χ1v) is 4.72. The van der Waals surface area contributed by atoms with Crippen LogP contribution >= 0.6 is 0 Å². The first-order chi connectivity index (χ1) is 6.49. The molecule has 0 heterocycles. The van der Waals surface area contributed by atoms with Crippen molar-refractivity contribution in [3.8, 4) is 0 Å². The van der Waals surface area contributed by atoms with Crippen molar-refractivity contribution in [2.45, 2.75) is 26.8 Å². The van der Waals surface area contributed by atoms with Crippen LogP contribution in [0.25, 0.3) is 0 Å². The molecule has 1 amide bonds. The van der Waals surface area contributed by atoms with Gasteiger partial charge in [0.1, 0.15) is 6.04 Å². The lowest BCUT2D eigenvalue weighted by Gasteiger charge is -2.17.